The fraction of sp³-hybridized carbons (Fsp3) is 0.333. The highest BCUT2D eigenvalue weighted by Gasteiger charge is 2.32. The maximum absolute atomic E-state index is 13.2. The van der Waals surface area contributed by atoms with Crippen LogP contribution in [-0.4, -0.2) is 22.1 Å². The zero-order chi connectivity index (χ0) is 21.7. The molecule has 1 aromatic carbocycles. The molecule has 30 heavy (non-hydrogen) atoms. The van der Waals surface area contributed by atoms with E-state index < -0.39 is 17.6 Å². The van der Waals surface area contributed by atoms with Gasteiger partial charge in [-0.25, -0.2) is 0 Å². The molecule has 2 aromatic heterocycles. The van der Waals surface area contributed by atoms with Crippen LogP contribution in [0.4, 0.5) is 13.2 Å². The Morgan fingerprint density at radius 2 is 2.13 bits per heavy atom. The van der Waals surface area contributed by atoms with Crippen LogP contribution in [0.2, 0.25) is 0 Å². The average Bonchev–Trinajstić information content (AvgIpc) is 3.06. The first-order valence-corrected chi connectivity index (χ1v) is 10.3. The quantitative estimate of drug-likeness (QED) is 0.508. The minimum atomic E-state index is -4.57. The Morgan fingerprint density at radius 3 is 2.83 bits per heavy atom. The molecule has 0 aliphatic heterocycles. The fourth-order valence-corrected chi connectivity index (χ4v) is 3.88. The van der Waals surface area contributed by atoms with Gasteiger partial charge in [-0.15, -0.1) is 0 Å². The van der Waals surface area contributed by atoms with Crippen LogP contribution in [0.1, 0.15) is 42.6 Å². The van der Waals surface area contributed by atoms with E-state index in [1.165, 1.54) is 11.3 Å². The number of aryl methyl sites for hydroxylation is 1. The van der Waals surface area contributed by atoms with E-state index in [4.69, 9.17) is 4.74 Å². The van der Waals surface area contributed by atoms with Gasteiger partial charge in [0.15, 0.2) is 4.80 Å². The molecule has 0 saturated heterocycles. The highest BCUT2D eigenvalue weighted by Crippen LogP contribution is 2.33. The molecular formula is C21H21F3N3O2S. The second kappa shape index (κ2) is 9.42. The lowest BCUT2D eigenvalue weighted by molar-refractivity contribution is -0.137. The van der Waals surface area contributed by atoms with Crippen LogP contribution in [0.15, 0.2) is 41.7 Å². The van der Waals surface area contributed by atoms with Crippen molar-refractivity contribution in [3.8, 4) is 5.75 Å². The molecule has 0 N–H and O–H groups in total. The van der Waals surface area contributed by atoms with Crippen molar-refractivity contribution in [2.45, 2.75) is 39.4 Å². The number of rotatable bonds is 7. The number of pyridine rings is 1. The van der Waals surface area contributed by atoms with Crippen molar-refractivity contribution in [1.82, 2.24) is 9.55 Å². The third kappa shape index (κ3) is 4.89. The number of aromatic nitrogens is 2. The molecule has 0 saturated carbocycles. The highest BCUT2D eigenvalue weighted by molar-refractivity contribution is 7.16. The number of benzene rings is 1. The molecule has 0 fully saturated rings. The number of nitrogens with zero attached hydrogens (tertiary/aromatic N) is 3. The van der Waals surface area contributed by atoms with Crippen LogP contribution in [0, 0.1) is 6.42 Å². The number of fused-ring (bicyclic) bond motifs is 1. The summed E-state index contributed by atoms with van der Waals surface area (Å²) in [5, 5.41) is 0. The zero-order valence-corrected chi connectivity index (χ0v) is 17.4. The van der Waals surface area contributed by atoms with E-state index in [1.807, 2.05) is 17.6 Å². The first-order valence-electron chi connectivity index (χ1n) is 9.49. The SMILES string of the molecule is C[CH]COc1ccc(C(F)(F)F)cc1C(=O)N=c1sc2ccncc2n1CCCC. The van der Waals surface area contributed by atoms with Crippen molar-refractivity contribution in [2.75, 3.05) is 6.61 Å². The number of halogens is 3. The number of carbonyl (C=O) groups excluding carboxylic acids is 1. The molecule has 0 bridgehead atoms. The molecule has 9 heteroatoms. The predicted octanol–water partition coefficient (Wildman–Crippen LogP) is 5.26. The summed E-state index contributed by atoms with van der Waals surface area (Å²) >= 11 is 1.30. The van der Waals surface area contributed by atoms with Crippen molar-refractivity contribution in [2.24, 2.45) is 4.99 Å². The second-order valence-electron chi connectivity index (χ2n) is 6.58. The summed E-state index contributed by atoms with van der Waals surface area (Å²) in [5.74, 6) is -0.713. The topological polar surface area (TPSA) is 56.5 Å². The number of carbonyl (C=O) groups is 1. The van der Waals surface area contributed by atoms with Crippen molar-refractivity contribution in [3.05, 3.63) is 59.0 Å². The molecule has 0 aliphatic carbocycles. The Labute approximate surface area is 175 Å². The smallest absolute Gasteiger partial charge is 0.416 e. The van der Waals surface area contributed by atoms with Gasteiger partial charge in [-0.2, -0.15) is 18.2 Å². The minimum Gasteiger partial charge on any atom is -0.492 e. The van der Waals surface area contributed by atoms with E-state index in [2.05, 4.69) is 9.98 Å². The Hall–Kier alpha value is -2.68. The van der Waals surface area contributed by atoms with Gasteiger partial charge in [-0.1, -0.05) is 31.6 Å². The number of thiazole rings is 1. The van der Waals surface area contributed by atoms with Gasteiger partial charge in [-0.3, -0.25) is 9.78 Å². The second-order valence-corrected chi connectivity index (χ2v) is 7.59. The number of alkyl halides is 3. The van der Waals surface area contributed by atoms with Gasteiger partial charge in [-0.05, 0) is 37.1 Å². The molecule has 0 aliphatic rings. The first-order chi connectivity index (χ1) is 14.3. The molecule has 0 atom stereocenters. The summed E-state index contributed by atoms with van der Waals surface area (Å²) in [6.45, 7) is 4.59. The van der Waals surface area contributed by atoms with Crippen LogP contribution < -0.4 is 9.54 Å². The lowest BCUT2D eigenvalue weighted by atomic mass is 10.1. The van der Waals surface area contributed by atoms with E-state index in [0.717, 1.165) is 41.3 Å². The average molecular weight is 436 g/mol. The van der Waals surface area contributed by atoms with E-state index in [-0.39, 0.29) is 17.9 Å². The molecule has 3 rings (SSSR count). The minimum absolute atomic E-state index is 0.0673. The largest absolute Gasteiger partial charge is 0.492 e. The van der Waals surface area contributed by atoms with Crippen LogP contribution in [-0.2, 0) is 12.7 Å². The summed E-state index contributed by atoms with van der Waals surface area (Å²) in [4.78, 5) is 21.6. The Balaban J connectivity index is 2.11. The summed E-state index contributed by atoms with van der Waals surface area (Å²) < 4.78 is 47.8. The molecule has 3 aromatic rings. The highest BCUT2D eigenvalue weighted by atomic mass is 32.1. The molecule has 2 heterocycles. The molecule has 1 radical (unpaired) electrons. The zero-order valence-electron chi connectivity index (χ0n) is 16.6. The van der Waals surface area contributed by atoms with Gasteiger partial charge in [0.1, 0.15) is 5.75 Å². The number of hydrogen-bond donors (Lipinski definition) is 0. The van der Waals surface area contributed by atoms with E-state index >= 15 is 0 Å². The van der Waals surface area contributed by atoms with Gasteiger partial charge in [0, 0.05) is 12.7 Å². The van der Waals surface area contributed by atoms with E-state index in [1.54, 1.807) is 25.7 Å². The normalized spacial score (nSPS) is 12.5. The number of ether oxygens (including phenoxy) is 1. The number of unbranched alkanes of at least 4 members (excludes halogenated alkanes) is 1. The standard InChI is InChI=1S/C21H21F3N3O2S/c1-3-5-10-27-16-13-25-9-8-18(16)30-20(27)26-19(28)15-12-14(21(22,23)24)6-7-17(15)29-11-4-2/h4,6-9,12-13H,3,5,10-11H2,1-2H3. The Kier molecular flexibility index (Phi) is 6.91. The molecule has 159 valence electrons. The first kappa shape index (κ1) is 22.0. The van der Waals surface area contributed by atoms with Crippen LogP contribution in [0.5, 0.6) is 5.75 Å². The van der Waals surface area contributed by atoms with Crippen molar-refractivity contribution < 1.29 is 22.7 Å². The van der Waals surface area contributed by atoms with Crippen molar-refractivity contribution in [1.29, 1.82) is 0 Å². The predicted molar refractivity (Wildman–Crippen MR) is 109 cm³/mol. The van der Waals surface area contributed by atoms with Gasteiger partial charge in [0.2, 0.25) is 0 Å². The van der Waals surface area contributed by atoms with Crippen molar-refractivity contribution >= 4 is 27.5 Å². The summed E-state index contributed by atoms with van der Waals surface area (Å²) in [7, 11) is 0. The van der Waals surface area contributed by atoms with E-state index in [0.29, 0.717) is 11.3 Å². The van der Waals surface area contributed by atoms with Gasteiger partial charge in [0.25, 0.3) is 5.91 Å². The lowest BCUT2D eigenvalue weighted by Crippen LogP contribution is -2.18. The summed E-state index contributed by atoms with van der Waals surface area (Å²) in [6, 6.07) is 4.67. The fourth-order valence-electron chi connectivity index (χ4n) is 2.85. The van der Waals surface area contributed by atoms with Crippen LogP contribution >= 0.6 is 11.3 Å². The van der Waals surface area contributed by atoms with Gasteiger partial charge >= 0.3 is 6.18 Å². The molecular weight excluding hydrogens is 415 g/mol. The molecule has 0 unspecified atom stereocenters. The maximum atomic E-state index is 13.2. The molecule has 1 amide bonds. The summed E-state index contributed by atoms with van der Waals surface area (Å²) in [5.41, 5.74) is -0.304. The summed E-state index contributed by atoms with van der Waals surface area (Å²) in [6.07, 6.45) is 2.27. The van der Waals surface area contributed by atoms with Crippen molar-refractivity contribution in [3.63, 3.8) is 0 Å². The molecule has 0 spiro atoms. The number of amides is 1. The van der Waals surface area contributed by atoms with Gasteiger partial charge < -0.3 is 9.30 Å². The Bertz CT molecular complexity index is 1100. The third-order valence-corrected chi connectivity index (χ3v) is 5.42. The van der Waals surface area contributed by atoms with E-state index in [9.17, 15) is 18.0 Å². The van der Waals surface area contributed by atoms with Crippen LogP contribution in [0.25, 0.3) is 10.2 Å². The lowest BCUT2D eigenvalue weighted by Gasteiger charge is -2.12. The van der Waals surface area contributed by atoms with Crippen LogP contribution in [0.3, 0.4) is 0 Å². The maximum Gasteiger partial charge on any atom is 0.416 e. The third-order valence-electron chi connectivity index (χ3n) is 4.36. The molecule has 5 nitrogen and oxygen atoms in total. The number of hydrogen-bond acceptors (Lipinski definition) is 4. The monoisotopic (exact) mass is 436 g/mol. The van der Waals surface area contributed by atoms with Gasteiger partial charge in [0.05, 0.1) is 34.1 Å². The Morgan fingerprint density at radius 1 is 1.33 bits per heavy atom.